The van der Waals surface area contributed by atoms with E-state index in [1.165, 1.54) is 29.8 Å². The van der Waals surface area contributed by atoms with Gasteiger partial charge in [0.25, 0.3) is 5.56 Å². The van der Waals surface area contributed by atoms with Crippen LogP contribution in [0.15, 0.2) is 23.1 Å². The second-order valence-corrected chi connectivity index (χ2v) is 5.17. The summed E-state index contributed by atoms with van der Waals surface area (Å²) in [6, 6.07) is 2.86. The van der Waals surface area contributed by atoms with Crippen LogP contribution in [0.5, 0.6) is 0 Å². The van der Waals surface area contributed by atoms with E-state index in [2.05, 4.69) is 0 Å². The highest BCUT2D eigenvalue weighted by atomic mass is 16.2. The van der Waals surface area contributed by atoms with Crippen molar-refractivity contribution in [1.29, 1.82) is 0 Å². The Hall–Kier alpha value is -2.31. The molecular formula is C14H20N4O3. The van der Waals surface area contributed by atoms with Crippen molar-refractivity contribution in [2.75, 3.05) is 31.9 Å². The van der Waals surface area contributed by atoms with Crippen LogP contribution in [0.2, 0.25) is 0 Å². The van der Waals surface area contributed by atoms with Crippen molar-refractivity contribution in [3.05, 3.63) is 28.7 Å². The molecule has 0 aromatic carbocycles. The Morgan fingerprint density at radius 1 is 1.14 bits per heavy atom. The summed E-state index contributed by atoms with van der Waals surface area (Å²) in [5.41, 5.74) is 5.82. The molecule has 1 saturated heterocycles. The van der Waals surface area contributed by atoms with E-state index in [1.807, 2.05) is 0 Å². The number of amides is 2. The van der Waals surface area contributed by atoms with Crippen molar-refractivity contribution in [2.24, 2.45) is 0 Å². The first-order valence-electron chi connectivity index (χ1n) is 6.96. The number of rotatable bonds is 2. The first-order chi connectivity index (χ1) is 9.97. The van der Waals surface area contributed by atoms with Crippen LogP contribution < -0.4 is 11.3 Å². The maximum atomic E-state index is 12.3. The molecule has 1 aliphatic heterocycles. The molecule has 7 heteroatoms. The molecule has 21 heavy (non-hydrogen) atoms. The summed E-state index contributed by atoms with van der Waals surface area (Å²) in [6.07, 6.45) is 2.22. The van der Waals surface area contributed by atoms with Gasteiger partial charge in [0.1, 0.15) is 6.54 Å². The Kier molecular flexibility index (Phi) is 4.62. The average molecular weight is 292 g/mol. The van der Waals surface area contributed by atoms with E-state index in [1.54, 1.807) is 9.80 Å². The smallest absolute Gasteiger partial charge is 0.251 e. The van der Waals surface area contributed by atoms with E-state index >= 15 is 0 Å². The van der Waals surface area contributed by atoms with E-state index < -0.39 is 0 Å². The van der Waals surface area contributed by atoms with Crippen LogP contribution >= 0.6 is 0 Å². The molecule has 1 aromatic heterocycles. The van der Waals surface area contributed by atoms with Crippen molar-refractivity contribution >= 4 is 17.5 Å². The maximum absolute atomic E-state index is 12.3. The lowest BCUT2D eigenvalue weighted by molar-refractivity contribution is -0.133. The third-order valence-corrected chi connectivity index (χ3v) is 3.61. The lowest BCUT2D eigenvalue weighted by Crippen LogP contribution is -2.39. The highest BCUT2D eigenvalue weighted by Crippen LogP contribution is 2.05. The molecule has 1 aliphatic rings. The molecule has 2 rings (SSSR count). The fourth-order valence-electron chi connectivity index (χ4n) is 2.40. The Balaban J connectivity index is 2.02. The van der Waals surface area contributed by atoms with Crippen LogP contribution in [-0.2, 0) is 16.1 Å². The van der Waals surface area contributed by atoms with E-state index in [4.69, 9.17) is 5.73 Å². The zero-order valence-corrected chi connectivity index (χ0v) is 12.1. The predicted octanol–water partition coefficient (Wildman–Crippen LogP) is -0.489. The van der Waals surface area contributed by atoms with Gasteiger partial charge in [0.2, 0.25) is 11.8 Å². The number of hydrogen-bond donors (Lipinski definition) is 1. The lowest BCUT2D eigenvalue weighted by atomic mass is 10.3. The summed E-state index contributed by atoms with van der Waals surface area (Å²) in [4.78, 5) is 38.8. The fraction of sp³-hybridized carbons (Fsp3) is 0.500. The van der Waals surface area contributed by atoms with Crippen molar-refractivity contribution in [2.45, 2.75) is 19.9 Å². The van der Waals surface area contributed by atoms with E-state index in [-0.39, 0.29) is 23.9 Å². The number of pyridine rings is 1. The third kappa shape index (κ3) is 3.84. The highest BCUT2D eigenvalue weighted by Gasteiger charge is 2.20. The predicted molar refractivity (Wildman–Crippen MR) is 78.6 cm³/mol. The first kappa shape index (κ1) is 15.1. The number of aromatic nitrogens is 1. The largest absolute Gasteiger partial charge is 0.398 e. The summed E-state index contributed by atoms with van der Waals surface area (Å²) in [7, 11) is 0. The summed E-state index contributed by atoms with van der Waals surface area (Å²) in [6.45, 7) is 3.80. The zero-order chi connectivity index (χ0) is 15.4. The van der Waals surface area contributed by atoms with Crippen LogP contribution in [0.4, 0.5) is 5.69 Å². The quantitative estimate of drug-likeness (QED) is 0.796. The van der Waals surface area contributed by atoms with Gasteiger partial charge in [-0.15, -0.1) is 0 Å². The minimum absolute atomic E-state index is 0.0239. The molecule has 2 amide bonds. The summed E-state index contributed by atoms with van der Waals surface area (Å²) in [5.74, 6) is -0.107. The van der Waals surface area contributed by atoms with Gasteiger partial charge in [0.05, 0.1) is 0 Å². The second-order valence-electron chi connectivity index (χ2n) is 5.17. The fourth-order valence-corrected chi connectivity index (χ4v) is 2.40. The molecule has 0 spiro atoms. The normalized spacial score (nSPS) is 15.7. The molecule has 0 saturated carbocycles. The van der Waals surface area contributed by atoms with Gasteiger partial charge in [0.15, 0.2) is 0 Å². The number of anilines is 1. The minimum Gasteiger partial charge on any atom is -0.398 e. The van der Waals surface area contributed by atoms with Gasteiger partial charge in [-0.25, -0.2) is 0 Å². The Morgan fingerprint density at radius 2 is 1.81 bits per heavy atom. The maximum Gasteiger partial charge on any atom is 0.251 e. The number of nitrogens with zero attached hydrogens (tertiary/aromatic N) is 3. The first-order valence-corrected chi connectivity index (χ1v) is 6.96. The Morgan fingerprint density at radius 3 is 2.52 bits per heavy atom. The molecule has 0 bridgehead atoms. The molecule has 0 atom stereocenters. The number of hydrogen-bond acceptors (Lipinski definition) is 4. The van der Waals surface area contributed by atoms with Gasteiger partial charge in [-0.1, -0.05) is 0 Å². The zero-order valence-electron chi connectivity index (χ0n) is 12.1. The van der Waals surface area contributed by atoms with Gasteiger partial charge in [-0.2, -0.15) is 0 Å². The van der Waals surface area contributed by atoms with Crippen LogP contribution in [-0.4, -0.2) is 52.4 Å². The van der Waals surface area contributed by atoms with Crippen molar-refractivity contribution in [1.82, 2.24) is 14.4 Å². The molecular weight excluding hydrogens is 272 g/mol. The molecule has 7 nitrogen and oxygen atoms in total. The number of nitrogens with two attached hydrogens (primary N) is 1. The Bertz CT molecular complexity index is 596. The molecule has 2 heterocycles. The molecule has 0 unspecified atom stereocenters. The molecule has 114 valence electrons. The van der Waals surface area contributed by atoms with Crippen LogP contribution in [0.3, 0.4) is 0 Å². The molecule has 1 fully saturated rings. The average Bonchev–Trinajstić information content (AvgIpc) is 2.68. The van der Waals surface area contributed by atoms with Gasteiger partial charge in [-0.3, -0.25) is 14.4 Å². The molecule has 0 radical (unpaired) electrons. The number of nitrogen functional groups attached to an aromatic ring is 1. The van der Waals surface area contributed by atoms with Crippen molar-refractivity contribution in [3.8, 4) is 0 Å². The second kappa shape index (κ2) is 6.43. The van der Waals surface area contributed by atoms with Crippen molar-refractivity contribution < 1.29 is 9.59 Å². The Labute approximate surface area is 122 Å². The highest BCUT2D eigenvalue weighted by molar-refractivity contribution is 5.76. The monoisotopic (exact) mass is 292 g/mol. The number of carbonyl (C=O) groups excluding carboxylic acids is 2. The SMILES string of the molecule is CC(=O)N1CCCN(C(=O)Cn2cc(N)ccc2=O)CC1. The lowest BCUT2D eigenvalue weighted by Gasteiger charge is -2.21. The number of carbonyl (C=O) groups is 2. The summed E-state index contributed by atoms with van der Waals surface area (Å²) >= 11 is 0. The van der Waals surface area contributed by atoms with E-state index in [9.17, 15) is 14.4 Å². The van der Waals surface area contributed by atoms with Gasteiger partial charge in [0, 0.05) is 51.1 Å². The van der Waals surface area contributed by atoms with Gasteiger partial charge >= 0.3 is 0 Å². The van der Waals surface area contributed by atoms with E-state index in [0.29, 0.717) is 31.9 Å². The van der Waals surface area contributed by atoms with E-state index in [0.717, 1.165) is 6.42 Å². The third-order valence-electron chi connectivity index (χ3n) is 3.61. The van der Waals surface area contributed by atoms with Crippen LogP contribution in [0, 0.1) is 0 Å². The molecule has 0 aliphatic carbocycles. The van der Waals surface area contributed by atoms with Gasteiger partial charge < -0.3 is 20.1 Å². The summed E-state index contributed by atoms with van der Waals surface area (Å²) < 4.78 is 1.31. The van der Waals surface area contributed by atoms with Crippen LogP contribution in [0.1, 0.15) is 13.3 Å². The van der Waals surface area contributed by atoms with Crippen molar-refractivity contribution in [3.63, 3.8) is 0 Å². The van der Waals surface area contributed by atoms with Crippen LogP contribution in [0.25, 0.3) is 0 Å². The molecule has 2 N–H and O–H groups in total. The summed E-state index contributed by atoms with van der Waals surface area (Å²) in [5, 5.41) is 0. The minimum atomic E-state index is -0.252. The van der Waals surface area contributed by atoms with Gasteiger partial charge in [-0.05, 0) is 12.5 Å². The topological polar surface area (TPSA) is 88.6 Å². The standard InChI is InChI=1S/C14H20N4O3/c1-11(19)16-5-2-6-17(8-7-16)14(21)10-18-9-12(15)3-4-13(18)20/h3-4,9H,2,5-8,10,15H2,1H3. The molecule has 1 aromatic rings.